The van der Waals surface area contributed by atoms with Crippen molar-refractivity contribution in [3.05, 3.63) is 0 Å². The topological polar surface area (TPSA) is 27.7 Å². The minimum Gasteiger partial charge on any atom is -0.407 e. The van der Waals surface area contributed by atoms with E-state index in [1.54, 1.807) is 0 Å². The van der Waals surface area contributed by atoms with Crippen LogP contribution in [0.1, 0.15) is 33.6 Å². The lowest BCUT2D eigenvalue weighted by Gasteiger charge is -2.38. The van der Waals surface area contributed by atoms with Crippen LogP contribution in [0.4, 0.5) is 0 Å². The standard InChI is InChI=1S/C13H30O3Si/c1-7-10-13(11-14-8-2,12-15-9-3)16-17(4,5)6/h7-12H2,1-6H3. The van der Waals surface area contributed by atoms with Crippen LogP contribution in [-0.2, 0) is 13.9 Å². The molecule has 0 aliphatic carbocycles. The second kappa shape index (κ2) is 8.24. The Balaban J connectivity index is 4.67. The average Bonchev–Trinajstić information content (AvgIpc) is 2.22. The lowest BCUT2D eigenvalue weighted by molar-refractivity contribution is -0.0850. The molecule has 104 valence electrons. The van der Waals surface area contributed by atoms with E-state index in [1.807, 2.05) is 13.8 Å². The van der Waals surface area contributed by atoms with Crippen molar-refractivity contribution in [2.75, 3.05) is 26.4 Å². The first kappa shape index (κ1) is 17.1. The Bertz CT molecular complexity index is 182. The molecule has 0 aromatic rings. The SMILES string of the molecule is CCCC(COCC)(COCC)O[Si](C)(C)C. The molecule has 0 atom stereocenters. The second-order valence-electron chi connectivity index (χ2n) is 5.42. The zero-order valence-corrected chi connectivity index (χ0v) is 13.5. The van der Waals surface area contributed by atoms with Crippen LogP contribution in [0.3, 0.4) is 0 Å². The van der Waals surface area contributed by atoms with Gasteiger partial charge in [-0.05, 0) is 39.9 Å². The van der Waals surface area contributed by atoms with Gasteiger partial charge in [-0.2, -0.15) is 0 Å². The van der Waals surface area contributed by atoms with Gasteiger partial charge in [0.15, 0.2) is 8.32 Å². The first-order valence-electron chi connectivity index (χ1n) is 6.74. The largest absolute Gasteiger partial charge is 0.407 e. The summed E-state index contributed by atoms with van der Waals surface area (Å²) in [5.74, 6) is 0. The highest BCUT2D eigenvalue weighted by Crippen LogP contribution is 2.25. The van der Waals surface area contributed by atoms with Crippen LogP contribution in [0.15, 0.2) is 0 Å². The maximum absolute atomic E-state index is 6.36. The van der Waals surface area contributed by atoms with E-state index in [2.05, 4.69) is 26.6 Å². The van der Waals surface area contributed by atoms with Crippen LogP contribution in [0, 0.1) is 0 Å². The molecule has 0 unspecified atom stereocenters. The van der Waals surface area contributed by atoms with Crippen molar-refractivity contribution in [2.45, 2.75) is 58.9 Å². The van der Waals surface area contributed by atoms with E-state index in [9.17, 15) is 0 Å². The summed E-state index contributed by atoms with van der Waals surface area (Å²) < 4.78 is 17.6. The highest BCUT2D eigenvalue weighted by atomic mass is 28.4. The van der Waals surface area contributed by atoms with Gasteiger partial charge in [0.2, 0.25) is 0 Å². The molecule has 4 heteroatoms. The maximum atomic E-state index is 6.36. The van der Waals surface area contributed by atoms with E-state index in [-0.39, 0.29) is 5.60 Å². The summed E-state index contributed by atoms with van der Waals surface area (Å²) in [7, 11) is -1.59. The molecule has 0 amide bonds. The fraction of sp³-hybridized carbons (Fsp3) is 1.00. The molecular weight excluding hydrogens is 232 g/mol. The van der Waals surface area contributed by atoms with Crippen molar-refractivity contribution in [3.8, 4) is 0 Å². The Hall–Kier alpha value is 0.0969. The normalized spacial score (nSPS) is 13.1. The quantitative estimate of drug-likeness (QED) is 0.564. The molecule has 0 saturated carbocycles. The lowest BCUT2D eigenvalue weighted by Crippen LogP contribution is -2.49. The monoisotopic (exact) mass is 262 g/mol. The Kier molecular flexibility index (Phi) is 8.29. The van der Waals surface area contributed by atoms with Crippen molar-refractivity contribution in [1.82, 2.24) is 0 Å². The number of rotatable bonds is 10. The average molecular weight is 262 g/mol. The van der Waals surface area contributed by atoms with Gasteiger partial charge in [-0.1, -0.05) is 13.3 Å². The molecule has 0 heterocycles. The van der Waals surface area contributed by atoms with Gasteiger partial charge in [0.25, 0.3) is 0 Å². The zero-order chi connectivity index (χ0) is 13.4. The van der Waals surface area contributed by atoms with Crippen LogP contribution in [-0.4, -0.2) is 40.3 Å². The van der Waals surface area contributed by atoms with Crippen LogP contribution >= 0.6 is 0 Å². The minimum atomic E-state index is -1.59. The molecule has 0 aliphatic heterocycles. The number of hydrogen-bond acceptors (Lipinski definition) is 3. The van der Waals surface area contributed by atoms with Crippen molar-refractivity contribution in [2.24, 2.45) is 0 Å². The summed E-state index contributed by atoms with van der Waals surface area (Å²) in [6.07, 6.45) is 2.09. The summed E-state index contributed by atoms with van der Waals surface area (Å²) >= 11 is 0. The van der Waals surface area contributed by atoms with E-state index in [0.717, 1.165) is 26.1 Å². The summed E-state index contributed by atoms with van der Waals surface area (Å²) in [5.41, 5.74) is -0.245. The summed E-state index contributed by atoms with van der Waals surface area (Å²) in [6, 6.07) is 0. The van der Waals surface area contributed by atoms with Crippen molar-refractivity contribution < 1.29 is 13.9 Å². The molecule has 0 aromatic carbocycles. The molecule has 0 N–H and O–H groups in total. The molecule has 0 bridgehead atoms. The van der Waals surface area contributed by atoms with Gasteiger partial charge < -0.3 is 13.9 Å². The smallest absolute Gasteiger partial charge is 0.184 e. The van der Waals surface area contributed by atoms with E-state index in [1.165, 1.54) is 0 Å². The molecule has 0 rings (SSSR count). The molecule has 0 radical (unpaired) electrons. The fourth-order valence-electron chi connectivity index (χ4n) is 1.98. The molecule has 17 heavy (non-hydrogen) atoms. The van der Waals surface area contributed by atoms with Crippen molar-refractivity contribution >= 4 is 8.32 Å². The van der Waals surface area contributed by atoms with E-state index in [0.29, 0.717) is 13.2 Å². The molecule has 0 aromatic heterocycles. The third-order valence-electron chi connectivity index (χ3n) is 2.37. The minimum absolute atomic E-state index is 0.245. The zero-order valence-electron chi connectivity index (χ0n) is 12.5. The Morgan fingerprint density at radius 1 is 0.882 bits per heavy atom. The molecule has 0 saturated heterocycles. The first-order chi connectivity index (χ1) is 7.89. The highest BCUT2D eigenvalue weighted by Gasteiger charge is 2.35. The van der Waals surface area contributed by atoms with Crippen LogP contribution in [0.25, 0.3) is 0 Å². The fourth-order valence-corrected chi connectivity index (χ4v) is 3.50. The second-order valence-corrected chi connectivity index (χ2v) is 9.85. The van der Waals surface area contributed by atoms with Gasteiger partial charge in [0.1, 0.15) is 5.60 Å². The highest BCUT2D eigenvalue weighted by molar-refractivity contribution is 6.69. The third kappa shape index (κ3) is 7.92. The molecule has 3 nitrogen and oxygen atoms in total. The van der Waals surface area contributed by atoms with Gasteiger partial charge in [0, 0.05) is 13.2 Å². The van der Waals surface area contributed by atoms with Crippen LogP contribution in [0.5, 0.6) is 0 Å². The number of hydrogen-bond donors (Lipinski definition) is 0. The Labute approximate surface area is 108 Å². The summed E-state index contributed by atoms with van der Waals surface area (Å²) in [4.78, 5) is 0. The maximum Gasteiger partial charge on any atom is 0.184 e. The lowest BCUT2D eigenvalue weighted by atomic mass is 10.0. The van der Waals surface area contributed by atoms with Crippen molar-refractivity contribution in [3.63, 3.8) is 0 Å². The van der Waals surface area contributed by atoms with Gasteiger partial charge in [-0.3, -0.25) is 0 Å². The predicted octanol–water partition coefficient (Wildman–Crippen LogP) is 3.45. The van der Waals surface area contributed by atoms with E-state index < -0.39 is 8.32 Å². The van der Waals surface area contributed by atoms with Gasteiger partial charge in [0.05, 0.1) is 13.2 Å². The summed E-state index contributed by atoms with van der Waals surface area (Å²) in [6.45, 7) is 15.6. The molecule has 0 spiro atoms. The van der Waals surface area contributed by atoms with Crippen LogP contribution < -0.4 is 0 Å². The van der Waals surface area contributed by atoms with Gasteiger partial charge >= 0.3 is 0 Å². The third-order valence-corrected chi connectivity index (χ3v) is 3.41. The molecular formula is C13H30O3Si. The predicted molar refractivity (Wildman–Crippen MR) is 75.1 cm³/mol. The Morgan fingerprint density at radius 2 is 1.35 bits per heavy atom. The van der Waals surface area contributed by atoms with E-state index in [4.69, 9.17) is 13.9 Å². The molecule has 0 aliphatic rings. The van der Waals surface area contributed by atoms with Crippen LogP contribution in [0.2, 0.25) is 19.6 Å². The molecule has 0 fully saturated rings. The van der Waals surface area contributed by atoms with Gasteiger partial charge in [-0.25, -0.2) is 0 Å². The Morgan fingerprint density at radius 3 is 1.65 bits per heavy atom. The summed E-state index contributed by atoms with van der Waals surface area (Å²) in [5, 5.41) is 0. The van der Waals surface area contributed by atoms with E-state index >= 15 is 0 Å². The van der Waals surface area contributed by atoms with Crippen molar-refractivity contribution in [1.29, 1.82) is 0 Å². The number of ether oxygens (including phenoxy) is 2. The van der Waals surface area contributed by atoms with Gasteiger partial charge in [-0.15, -0.1) is 0 Å². The first-order valence-corrected chi connectivity index (χ1v) is 10.2.